The maximum absolute atomic E-state index is 12.2. The van der Waals surface area contributed by atoms with Crippen LogP contribution in [0.4, 0.5) is 11.6 Å². The van der Waals surface area contributed by atoms with Gasteiger partial charge < -0.3 is 20.7 Å². The SMILES string of the molecule is COC1CCC(N2CC(=O)Nc3ncc(-c4cnc(C(N)=O)cc4C)nc32)CC1. The molecule has 0 aromatic carbocycles. The van der Waals surface area contributed by atoms with Crippen molar-refractivity contribution in [1.29, 1.82) is 0 Å². The Kier molecular flexibility index (Phi) is 5.14. The summed E-state index contributed by atoms with van der Waals surface area (Å²) >= 11 is 0. The van der Waals surface area contributed by atoms with Gasteiger partial charge in [0.1, 0.15) is 5.69 Å². The minimum absolute atomic E-state index is 0.0860. The highest BCUT2D eigenvalue weighted by Crippen LogP contribution is 2.34. The van der Waals surface area contributed by atoms with Crippen molar-refractivity contribution in [2.24, 2.45) is 5.73 Å². The Bertz CT molecular complexity index is 955. The molecule has 2 aromatic heterocycles. The number of ether oxygens (including phenoxy) is 1. The quantitative estimate of drug-likeness (QED) is 0.805. The average molecular weight is 396 g/mol. The number of primary amides is 1. The molecule has 3 N–H and O–H groups in total. The monoisotopic (exact) mass is 396 g/mol. The van der Waals surface area contributed by atoms with Crippen LogP contribution >= 0.6 is 0 Å². The molecule has 9 nitrogen and oxygen atoms in total. The minimum atomic E-state index is -0.572. The van der Waals surface area contributed by atoms with Crippen molar-refractivity contribution in [3.8, 4) is 11.3 Å². The summed E-state index contributed by atoms with van der Waals surface area (Å²) in [5, 5.41) is 2.81. The molecule has 1 fully saturated rings. The lowest BCUT2D eigenvalue weighted by molar-refractivity contribution is -0.115. The van der Waals surface area contributed by atoms with Crippen LogP contribution in [0.3, 0.4) is 0 Å². The van der Waals surface area contributed by atoms with Gasteiger partial charge in [-0.05, 0) is 44.2 Å². The van der Waals surface area contributed by atoms with Crippen LogP contribution in [-0.4, -0.2) is 52.6 Å². The van der Waals surface area contributed by atoms with Gasteiger partial charge in [-0.2, -0.15) is 0 Å². The molecule has 2 aromatic rings. The molecule has 29 heavy (non-hydrogen) atoms. The molecule has 3 heterocycles. The Hall–Kier alpha value is -3.07. The maximum Gasteiger partial charge on any atom is 0.267 e. The van der Waals surface area contributed by atoms with E-state index in [1.54, 1.807) is 25.6 Å². The number of anilines is 2. The van der Waals surface area contributed by atoms with Gasteiger partial charge >= 0.3 is 0 Å². The zero-order valence-electron chi connectivity index (χ0n) is 16.5. The third kappa shape index (κ3) is 3.77. The molecule has 0 atom stereocenters. The second kappa shape index (κ2) is 7.75. The number of rotatable bonds is 4. The molecule has 9 heteroatoms. The van der Waals surface area contributed by atoms with Crippen LogP contribution in [-0.2, 0) is 9.53 Å². The summed E-state index contributed by atoms with van der Waals surface area (Å²) in [5.41, 5.74) is 7.75. The molecule has 1 aliphatic carbocycles. The van der Waals surface area contributed by atoms with Crippen molar-refractivity contribution in [3.05, 3.63) is 29.7 Å². The van der Waals surface area contributed by atoms with Crippen molar-refractivity contribution < 1.29 is 14.3 Å². The summed E-state index contributed by atoms with van der Waals surface area (Å²) in [6.45, 7) is 2.13. The summed E-state index contributed by atoms with van der Waals surface area (Å²) in [6.07, 6.45) is 7.26. The van der Waals surface area contributed by atoms with E-state index in [9.17, 15) is 9.59 Å². The molecule has 0 bridgehead atoms. The van der Waals surface area contributed by atoms with E-state index in [4.69, 9.17) is 15.5 Å². The van der Waals surface area contributed by atoms with Crippen molar-refractivity contribution in [2.75, 3.05) is 23.9 Å². The number of hydrogen-bond acceptors (Lipinski definition) is 7. The number of hydrogen-bond donors (Lipinski definition) is 2. The third-order valence-corrected chi connectivity index (χ3v) is 5.65. The van der Waals surface area contributed by atoms with E-state index in [0.717, 1.165) is 36.8 Å². The maximum atomic E-state index is 12.2. The van der Waals surface area contributed by atoms with Crippen LogP contribution in [0.15, 0.2) is 18.5 Å². The molecule has 2 aliphatic rings. The fourth-order valence-electron chi connectivity index (χ4n) is 4.05. The number of aryl methyl sites for hydroxylation is 1. The highest BCUT2D eigenvalue weighted by molar-refractivity contribution is 5.99. The Balaban J connectivity index is 1.68. The zero-order valence-corrected chi connectivity index (χ0v) is 16.5. The minimum Gasteiger partial charge on any atom is -0.381 e. The van der Waals surface area contributed by atoms with Gasteiger partial charge in [0.15, 0.2) is 11.6 Å². The summed E-state index contributed by atoms with van der Waals surface area (Å²) < 4.78 is 5.47. The van der Waals surface area contributed by atoms with E-state index in [2.05, 4.69) is 20.2 Å². The molecule has 0 spiro atoms. The number of carbonyl (C=O) groups is 2. The first-order valence-electron chi connectivity index (χ1n) is 9.69. The Morgan fingerprint density at radius 1 is 1.24 bits per heavy atom. The van der Waals surface area contributed by atoms with Crippen LogP contribution in [0.2, 0.25) is 0 Å². The van der Waals surface area contributed by atoms with Gasteiger partial charge in [0.2, 0.25) is 5.91 Å². The van der Waals surface area contributed by atoms with E-state index < -0.39 is 5.91 Å². The Labute approximate surface area is 168 Å². The van der Waals surface area contributed by atoms with E-state index in [1.807, 2.05) is 6.92 Å². The highest BCUT2D eigenvalue weighted by atomic mass is 16.5. The zero-order chi connectivity index (χ0) is 20.5. The number of aromatic nitrogens is 3. The van der Waals surface area contributed by atoms with Crippen molar-refractivity contribution in [3.63, 3.8) is 0 Å². The molecular weight excluding hydrogens is 372 g/mol. The standard InChI is InChI=1S/C20H24N6O3/c1-11-7-15(18(21)28)22-8-14(11)16-9-23-19-20(24-16)26(10-17(27)25-19)12-3-5-13(29-2)6-4-12/h7-9,12-13H,3-6,10H2,1-2H3,(H2,21,28)(H,23,25,27). The summed E-state index contributed by atoms with van der Waals surface area (Å²) in [6, 6.07) is 1.86. The van der Waals surface area contributed by atoms with E-state index in [1.165, 1.54) is 0 Å². The topological polar surface area (TPSA) is 123 Å². The lowest BCUT2D eigenvalue weighted by Gasteiger charge is -2.39. The predicted molar refractivity (Wildman–Crippen MR) is 108 cm³/mol. The van der Waals surface area contributed by atoms with Crippen LogP contribution < -0.4 is 16.0 Å². The number of amides is 2. The fraction of sp³-hybridized carbons (Fsp3) is 0.450. The van der Waals surface area contributed by atoms with Crippen LogP contribution in [0.5, 0.6) is 0 Å². The molecule has 1 saturated carbocycles. The Morgan fingerprint density at radius 3 is 2.66 bits per heavy atom. The molecule has 0 radical (unpaired) electrons. The normalized spacial score (nSPS) is 21.4. The summed E-state index contributed by atoms with van der Waals surface area (Å²) in [5.74, 6) is 0.480. The molecular formula is C20H24N6O3. The largest absolute Gasteiger partial charge is 0.381 e. The number of pyridine rings is 1. The van der Waals surface area contributed by atoms with Gasteiger partial charge in [-0.15, -0.1) is 0 Å². The van der Waals surface area contributed by atoms with E-state index >= 15 is 0 Å². The summed E-state index contributed by atoms with van der Waals surface area (Å²) in [4.78, 5) is 39.0. The van der Waals surface area contributed by atoms with Gasteiger partial charge in [0.05, 0.1) is 24.5 Å². The summed E-state index contributed by atoms with van der Waals surface area (Å²) in [7, 11) is 1.74. The molecule has 2 amide bonds. The second-order valence-electron chi connectivity index (χ2n) is 7.52. The number of methoxy groups -OCH3 is 1. The first-order chi connectivity index (χ1) is 14.0. The van der Waals surface area contributed by atoms with Gasteiger partial charge in [-0.3, -0.25) is 14.6 Å². The number of nitrogens with zero attached hydrogens (tertiary/aromatic N) is 4. The molecule has 0 unspecified atom stereocenters. The van der Waals surface area contributed by atoms with Crippen molar-refractivity contribution >= 4 is 23.5 Å². The first-order valence-corrected chi connectivity index (χ1v) is 9.69. The van der Waals surface area contributed by atoms with Gasteiger partial charge in [0.25, 0.3) is 5.91 Å². The van der Waals surface area contributed by atoms with E-state index in [-0.39, 0.29) is 30.3 Å². The number of nitrogens with two attached hydrogens (primary N) is 1. The predicted octanol–water partition coefficient (Wildman–Crippen LogP) is 1.66. The third-order valence-electron chi connectivity index (χ3n) is 5.65. The second-order valence-corrected chi connectivity index (χ2v) is 7.52. The van der Waals surface area contributed by atoms with Crippen LogP contribution in [0.1, 0.15) is 41.7 Å². The Morgan fingerprint density at radius 2 is 2.00 bits per heavy atom. The number of carbonyl (C=O) groups excluding carboxylic acids is 2. The molecule has 1 aliphatic heterocycles. The first kappa shape index (κ1) is 19.3. The highest BCUT2D eigenvalue weighted by Gasteiger charge is 2.33. The van der Waals surface area contributed by atoms with Crippen LogP contribution in [0.25, 0.3) is 11.3 Å². The number of nitrogens with one attached hydrogen (secondary N) is 1. The lowest BCUT2D eigenvalue weighted by atomic mass is 9.91. The van der Waals surface area contributed by atoms with Gasteiger partial charge in [0, 0.05) is 24.9 Å². The molecule has 0 saturated heterocycles. The average Bonchev–Trinajstić information content (AvgIpc) is 2.73. The molecule has 152 valence electrons. The molecule has 4 rings (SSSR count). The fourth-order valence-corrected chi connectivity index (χ4v) is 4.05. The van der Waals surface area contributed by atoms with E-state index in [0.29, 0.717) is 17.3 Å². The number of fused-ring (bicyclic) bond motifs is 1. The van der Waals surface area contributed by atoms with Crippen LogP contribution in [0, 0.1) is 6.92 Å². The lowest BCUT2D eigenvalue weighted by Crippen LogP contribution is -2.47. The van der Waals surface area contributed by atoms with Gasteiger partial charge in [-0.25, -0.2) is 9.97 Å². The van der Waals surface area contributed by atoms with Crippen molar-refractivity contribution in [1.82, 2.24) is 15.0 Å². The van der Waals surface area contributed by atoms with Crippen molar-refractivity contribution in [2.45, 2.75) is 44.8 Å². The van der Waals surface area contributed by atoms with Gasteiger partial charge in [-0.1, -0.05) is 0 Å². The smallest absolute Gasteiger partial charge is 0.267 e.